The summed E-state index contributed by atoms with van der Waals surface area (Å²) in [6, 6.07) is 7.93. The second-order valence-electron chi connectivity index (χ2n) is 5.97. The van der Waals surface area contributed by atoms with E-state index in [1.54, 1.807) is 7.11 Å². The number of rotatable bonds is 8. The molecule has 2 rings (SSSR count). The molecule has 0 atom stereocenters. The van der Waals surface area contributed by atoms with Gasteiger partial charge in [0, 0.05) is 31.5 Å². The smallest absolute Gasteiger partial charge is 0.193 e. The maximum atomic E-state index is 5.95. The first-order chi connectivity index (χ1) is 11.3. The van der Waals surface area contributed by atoms with E-state index in [1.807, 2.05) is 24.3 Å². The van der Waals surface area contributed by atoms with Crippen LogP contribution in [0.5, 0.6) is 0 Å². The van der Waals surface area contributed by atoms with Gasteiger partial charge in [-0.15, -0.1) is 0 Å². The summed E-state index contributed by atoms with van der Waals surface area (Å²) in [5, 5.41) is 3.14. The van der Waals surface area contributed by atoms with Crippen molar-refractivity contribution in [1.29, 1.82) is 0 Å². The van der Waals surface area contributed by atoms with Crippen LogP contribution in [0, 0.1) is 0 Å². The van der Waals surface area contributed by atoms with Gasteiger partial charge in [0.1, 0.15) is 0 Å². The van der Waals surface area contributed by atoms with Crippen LogP contribution in [-0.2, 0) is 16.1 Å². The molecule has 5 nitrogen and oxygen atoms in total. The first-order valence-corrected chi connectivity index (χ1v) is 8.55. The van der Waals surface area contributed by atoms with Crippen LogP contribution in [0.3, 0.4) is 0 Å². The minimum absolute atomic E-state index is 0.436. The Morgan fingerprint density at radius 1 is 1.26 bits per heavy atom. The van der Waals surface area contributed by atoms with Crippen LogP contribution in [0.1, 0.15) is 44.1 Å². The van der Waals surface area contributed by atoms with Crippen LogP contribution in [0.4, 0.5) is 5.69 Å². The molecule has 1 aromatic rings. The van der Waals surface area contributed by atoms with Crippen LogP contribution in [0.2, 0.25) is 0 Å². The second-order valence-corrected chi connectivity index (χ2v) is 5.97. The fraction of sp³-hybridized carbons (Fsp3) is 0.611. The predicted molar refractivity (Wildman–Crippen MR) is 94.7 cm³/mol. The highest BCUT2D eigenvalue weighted by atomic mass is 16.5. The number of anilines is 1. The molecule has 0 aromatic heterocycles. The van der Waals surface area contributed by atoms with Crippen LogP contribution in [-0.4, -0.2) is 32.3 Å². The van der Waals surface area contributed by atoms with Gasteiger partial charge in [-0.3, -0.25) is 4.99 Å². The summed E-state index contributed by atoms with van der Waals surface area (Å²) in [5.41, 5.74) is 7.96. The Morgan fingerprint density at radius 3 is 2.83 bits per heavy atom. The molecule has 128 valence electrons. The number of nitrogens with zero attached hydrogens (tertiary/aromatic N) is 1. The zero-order valence-electron chi connectivity index (χ0n) is 14.1. The molecule has 1 aliphatic carbocycles. The summed E-state index contributed by atoms with van der Waals surface area (Å²) < 4.78 is 11.1. The van der Waals surface area contributed by atoms with Gasteiger partial charge in [-0.2, -0.15) is 0 Å². The molecule has 0 bridgehead atoms. The average Bonchev–Trinajstić information content (AvgIpc) is 2.57. The molecule has 0 heterocycles. The molecule has 0 saturated heterocycles. The SMILES string of the molecule is COCc1ccccc1NC(N)=NCCCOC1CCCCC1. The van der Waals surface area contributed by atoms with Gasteiger partial charge >= 0.3 is 0 Å². The fourth-order valence-corrected chi connectivity index (χ4v) is 2.85. The number of hydrogen-bond donors (Lipinski definition) is 2. The maximum Gasteiger partial charge on any atom is 0.193 e. The van der Waals surface area contributed by atoms with Gasteiger partial charge in [-0.05, 0) is 25.3 Å². The standard InChI is InChI=1S/C18H29N3O2/c1-22-14-15-8-5-6-11-17(15)21-18(19)20-12-7-13-23-16-9-3-2-4-10-16/h5-6,8,11,16H,2-4,7,9-10,12-14H2,1H3,(H3,19,20,21). The third-order valence-electron chi connectivity index (χ3n) is 4.07. The Bertz CT molecular complexity index is 485. The largest absolute Gasteiger partial charge is 0.380 e. The van der Waals surface area contributed by atoms with Crippen molar-refractivity contribution < 1.29 is 9.47 Å². The first kappa shape index (κ1) is 17.8. The number of guanidine groups is 1. The predicted octanol–water partition coefficient (Wildman–Crippen LogP) is 3.30. The van der Waals surface area contributed by atoms with Crippen LogP contribution in [0.15, 0.2) is 29.3 Å². The van der Waals surface area contributed by atoms with E-state index in [-0.39, 0.29) is 0 Å². The monoisotopic (exact) mass is 319 g/mol. The van der Waals surface area contributed by atoms with E-state index in [9.17, 15) is 0 Å². The second kappa shape index (κ2) is 10.2. The molecule has 1 aliphatic rings. The number of aliphatic imine (C=N–C) groups is 1. The minimum atomic E-state index is 0.436. The fourth-order valence-electron chi connectivity index (χ4n) is 2.85. The summed E-state index contributed by atoms with van der Waals surface area (Å²) in [6.45, 7) is 1.99. The lowest BCUT2D eigenvalue weighted by molar-refractivity contribution is 0.0281. The molecule has 0 radical (unpaired) electrons. The summed E-state index contributed by atoms with van der Waals surface area (Å²) in [4.78, 5) is 4.37. The van der Waals surface area contributed by atoms with Crippen LogP contribution in [0.25, 0.3) is 0 Å². The van der Waals surface area contributed by atoms with Gasteiger partial charge in [0.05, 0.1) is 12.7 Å². The highest BCUT2D eigenvalue weighted by molar-refractivity contribution is 5.92. The molecule has 0 amide bonds. The van der Waals surface area contributed by atoms with Crippen molar-refractivity contribution >= 4 is 11.6 Å². The molecule has 1 fully saturated rings. The molecular weight excluding hydrogens is 290 g/mol. The van der Waals surface area contributed by atoms with E-state index in [1.165, 1.54) is 32.1 Å². The number of methoxy groups -OCH3 is 1. The van der Waals surface area contributed by atoms with Crippen LogP contribution >= 0.6 is 0 Å². The average molecular weight is 319 g/mol. The molecule has 1 saturated carbocycles. The molecule has 23 heavy (non-hydrogen) atoms. The summed E-state index contributed by atoms with van der Waals surface area (Å²) in [6.07, 6.45) is 7.76. The minimum Gasteiger partial charge on any atom is -0.380 e. The Kier molecular flexibility index (Phi) is 7.90. The molecule has 0 unspecified atom stereocenters. The quantitative estimate of drug-likeness (QED) is 0.438. The third kappa shape index (κ3) is 6.59. The highest BCUT2D eigenvalue weighted by Crippen LogP contribution is 2.20. The van der Waals surface area contributed by atoms with E-state index in [4.69, 9.17) is 15.2 Å². The van der Waals surface area contributed by atoms with Gasteiger partial charge in [0.2, 0.25) is 0 Å². The number of para-hydroxylation sites is 1. The van der Waals surface area contributed by atoms with Gasteiger partial charge in [-0.25, -0.2) is 0 Å². The topological polar surface area (TPSA) is 68.9 Å². The molecule has 0 spiro atoms. The first-order valence-electron chi connectivity index (χ1n) is 8.55. The van der Waals surface area contributed by atoms with E-state index in [0.717, 1.165) is 24.3 Å². The molecule has 1 aromatic carbocycles. The molecule has 5 heteroatoms. The number of nitrogens with two attached hydrogens (primary N) is 1. The lowest BCUT2D eigenvalue weighted by atomic mass is 9.98. The normalized spacial score (nSPS) is 16.5. The Labute approximate surface area is 139 Å². The highest BCUT2D eigenvalue weighted by Gasteiger charge is 2.12. The molecular formula is C18H29N3O2. The lowest BCUT2D eigenvalue weighted by Crippen LogP contribution is -2.24. The summed E-state index contributed by atoms with van der Waals surface area (Å²) >= 11 is 0. The van der Waals surface area contributed by atoms with Gasteiger partial charge in [-0.1, -0.05) is 37.5 Å². The van der Waals surface area contributed by atoms with Crippen molar-refractivity contribution in [2.75, 3.05) is 25.6 Å². The Balaban J connectivity index is 1.68. The number of hydrogen-bond acceptors (Lipinski definition) is 3. The van der Waals surface area contributed by atoms with Gasteiger partial charge in [0.25, 0.3) is 0 Å². The number of ether oxygens (including phenoxy) is 2. The molecule has 0 aliphatic heterocycles. The number of nitrogens with one attached hydrogen (secondary N) is 1. The summed E-state index contributed by atoms with van der Waals surface area (Å²) in [7, 11) is 1.68. The van der Waals surface area contributed by atoms with Crippen molar-refractivity contribution in [2.24, 2.45) is 10.7 Å². The molecule has 3 N–H and O–H groups in total. The van der Waals surface area contributed by atoms with Gasteiger partial charge in [0.15, 0.2) is 5.96 Å². The van der Waals surface area contributed by atoms with Crippen molar-refractivity contribution in [3.05, 3.63) is 29.8 Å². The van der Waals surface area contributed by atoms with Crippen LogP contribution < -0.4 is 11.1 Å². The van der Waals surface area contributed by atoms with Crippen molar-refractivity contribution in [1.82, 2.24) is 0 Å². The Hall–Kier alpha value is -1.59. The zero-order chi connectivity index (χ0) is 16.3. The van der Waals surface area contributed by atoms with E-state index < -0.39 is 0 Å². The van der Waals surface area contributed by atoms with Gasteiger partial charge < -0.3 is 20.5 Å². The number of benzene rings is 1. The third-order valence-corrected chi connectivity index (χ3v) is 4.07. The lowest BCUT2D eigenvalue weighted by Gasteiger charge is -2.21. The van der Waals surface area contributed by atoms with E-state index >= 15 is 0 Å². The summed E-state index contributed by atoms with van der Waals surface area (Å²) in [5.74, 6) is 0.436. The van der Waals surface area contributed by atoms with E-state index in [2.05, 4.69) is 10.3 Å². The maximum absolute atomic E-state index is 5.95. The van der Waals surface area contributed by atoms with Crippen molar-refractivity contribution in [2.45, 2.75) is 51.2 Å². The zero-order valence-corrected chi connectivity index (χ0v) is 14.1. The van der Waals surface area contributed by atoms with E-state index in [0.29, 0.717) is 25.2 Å². The Morgan fingerprint density at radius 2 is 2.04 bits per heavy atom. The van der Waals surface area contributed by atoms with Crippen molar-refractivity contribution in [3.63, 3.8) is 0 Å². The van der Waals surface area contributed by atoms with Crippen molar-refractivity contribution in [3.8, 4) is 0 Å².